The molecule has 2 heterocycles. The molecule has 0 bridgehead atoms. The van der Waals surface area contributed by atoms with E-state index in [0.29, 0.717) is 0 Å². The fourth-order valence-corrected chi connectivity index (χ4v) is 4.78. The topological polar surface area (TPSA) is 71.4 Å². The van der Waals surface area contributed by atoms with E-state index in [-0.39, 0.29) is 10.6 Å². The Hall–Kier alpha value is -3.65. The molecule has 1 saturated heterocycles. The molecule has 1 aromatic heterocycles. The molecule has 0 saturated carbocycles. The Bertz CT molecular complexity index is 1360. The Morgan fingerprint density at radius 2 is 1.79 bits per heavy atom. The van der Waals surface area contributed by atoms with Crippen molar-refractivity contribution < 1.29 is 18.8 Å². The van der Waals surface area contributed by atoms with Gasteiger partial charge in [0.05, 0.1) is 10.6 Å². The van der Waals surface area contributed by atoms with Gasteiger partial charge in [-0.3, -0.25) is 19.3 Å². The quantitative estimate of drug-likeness (QED) is 0.491. The van der Waals surface area contributed by atoms with E-state index >= 15 is 0 Å². The summed E-state index contributed by atoms with van der Waals surface area (Å²) in [5.41, 5.74) is 6.16. The number of carbonyl (C=O) groups excluding carboxylic acids is 3. The van der Waals surface area contributed by atoms with Gasteiger partial charge in [0.2, 0.25) is 5.91 Å². The maximum Gasteiger partial charge on any atom is 0.294 e. The number of carbonyl (C=O) groups is 3. The van der Waals surface area contributed by atoms with Crippen molar-refractivity contribution in [3.05, 3.63) is 87.3 Å². The van der Waals surface area contributed by atoms with Gasteiger partial charge in [-0.15, -0.1) is 0 Å². The molecule has 0 atom stereocenters. The highest BCUT2D eigenvalue weighted by Crippen LogP contribution is 2.34. The van der Waals surface area contributed by atoms with Crippen molar-refractivity contribution in [2.75, 3.05) is 11.9 Å². The summed E-state index contributed by atoms with van der Waals surface area (Å²) in [6.07, 6.45) is 1.68. The lowest BCUT2D eigenvalue weighted by Gasteiger charge is -2.14. The largest absolute Gasteiger partial charge is 0.322 e. The number of aromatic nitrogens is 1. The number of nitrogens with zero attached hydrogens (tertiary/aromatic N) is 2. The van der Waals surface area contributed by atoms with Gasteiger partial charge in [0.1, 0.15) is 12.4 Å². The van der Waals surface area contributed by atoms with E-state index in [2.05, 4.69) is 29.8 Å². The van der Waals surface area contributed by atoms with Crippen LogP contribution in [-0.2, 0) is 9.59 Å². The molecule has 1 aliphatic heterocycles. The third-order valence-corrected chi connectivity index (χ3v) is 6.80. The summed E-state index contributed by atoms with van der Waals surface area (Å²) >= 11 is 0.789. The standard InChI is InChI=1S/C26H24FN3O3S/c1-15-8-7-11-22(17(15)3)30-16(2)12-19(18(30)4)13-23-25(32)29(26(33)34-23)14-24(31)28-21-10-6-5-9-20(21)27/h5-13H,14H2,1-4H3,(H,28,31)/b23-13-. The van der Waals surface area contributed by atoms with E-state index in [0.717, 1.165) is 44.9 Å². The van der Waals surface area contributed by atoms with Crippen LogP contribution in [0.1, 0.15) is 28.1 Å². The van der Waals surface area contributed by atoms with Gasteiger partial charge in [-0.2, -0.15) is 0 Å². The van der Waals surface area contributed by atoms with Gasteiger partial charge in [0.25, 0.3) is 11.1 Å². The van der Waals surface area contributed by atoms with Crippen LogP contribution in [0.4, 0.5) is 14.9 Å². The van der Waals surface area contributed by atoms with Crippen LogP contribution in [-0.4, -0.2) is 33.1 Å². The number of benzene rings is 2. The van der Waals surface area contributed by atoms with Crippen molar-refractivity contribution in [2.45, 2.75) is 27.7 Å². The highest BCUT2D eigenvalue weighted by molar-refractivity contribution is 8.18. The normalized spacial score (nSPS) is 14.9. The highest BCUT2D eigenvalue weighted by Gasteiger charge is 2.36. The summed E-state index contributed by atoms with van der Waals surface area (Å²) in [6.45, 7) is 7.60. The number of halogens is 1. The minimum absolute atomic E-state index is 0.00565. The van der Waals surface area contributed by atoms with E-state index in [9.17, 15) is 18.8 Å². The van der Waals surface area contributed by atoms with E-state index in [4.69, 9.17) is 0 Å². The number of rotatable bonds is 5. The second kappa shape index (κ2) is 9.30. The zero-order valence-electron chi connectivity index (χ0n) is 19.3. The first-order chi connectivity index (χ1) is 16.2. The number of hydrogen-bond donors (Lipinski definition) is 1. The van der Waals surface area contributed by atoms with Crippen molar-refractivity contribution in [3.63, 3.8) is 0 Å². The fourth-order valence-electron chi connectivity index (χ4n) is 3.96. The number of hydrogen-bond acceptors (Lipinski definition) is 4. The third kappa shape index (κ3) is 4.41. The average molecular weight is 478 g/mol. The number of amides is 3. The molecule has 1 fully saturated rings. The summed E-state index contributed by atoms with van der Waals surface area (Å²) < 4.78 is 15.9. The van der Waals surface area contributed by atoms with Gasteiger partial charge in [-0.1, -0.05) is 24.3 Å². The second-order valence-electron chi connectivity index (χ2n) is 8.18. The molecule has 0 radical (unpaired) electrons. The lowest BCUT2D eigenvalue weighted by molar-refractivity contribution is -0.127. The monoisotopic (exact) mass is 477 g/mol. The van der Waals surface area contributed by atoms with Crippen molar-refractivity contribution in [3.8, 4) is 5.69 Å². The number of anilines is 1. The van der Waals surface area contributed by atoms with Crippen molar-refractivity contribution in [2.24, 2.45) is 0 Å². The van der Waals surface area contributed by atoms with Gasteiger partial charge < -0.3 is 9.88 Å². The van der Waals surface area contributed by atoms with Crippen molar-refractivity contribution >= 4 is 40.6 Å². The summed E-state index contributed by atoms with van der Waals surface area (Å²) in [7, 11) is 0. The Morgan fingerprint density at radius 3 is 2.53 bits per heavy atom. The molecule has 6 nitrogen and oxygen atoms in total. The first kappa shape index (κ1) is 23.5. The Balaban J connectivity index is 1.56. The molecule has 3 amide bonds. The molecule has 0 unspecified atom stereocenters. The van der Waals surface area contributed by atoms with Crippen molar-refractivity contribution in [1.82, 2.24) is 9.47 Å². The van der Waals surface area contributed by atoms with Gasteiger partial charge in [-0.25, -0.2) is 4.39 Å². The maximum atomic E-state index is 13.8. The summed E-state index contributed by atoms with van der Waals surface area (Å²) in [6, 6.07) is 13.8. The minimum Gasteiger partial charge on any atom is -0.322 e. The first-order valence-electron chi connectivity index (χ1n) is 10.7. The molecule has 3 aromatic rings. The Labute approximate surface area is 201 Å². The summed E-state index contributed by atoms with van der Waals surface area (Å²) in [5.74, 6) is -1.79. The smallest absolute Gasteiger partial charge is 0.294 e. The third-order valence-electron chi connectivity index (χ3n) is 5.90. The zero-order valence-corrected chi connectivity index (χ0v) is 20.1. The minimum atomic E-state index is -0.651. The van der Waals surface area contributed by atoms with Crippen LogP contribution in [0.5, 0.6) is 0 Å². The van der Waals surface area contributed by atoms with Crippen LogP contribution in [0.25, 0.3) is 11.8 Å². The molecular formula is C26H24FN3O3S. The van der Waals surface area contributed by atoms with Crippen LogP contribution in [0.2, 0.25) is 0 Å². The van der Waals surface area contributed by atoms with Crippen LogP contribution >= 0.6 is 11.8 Å². The van der Waals surface area contributed by atoms with Gasteiger partial charge in [0, 0.05) is 17.1 Å². The van der Waals surface area contributed by atoms with Gasteiger partial charge in [-0.05, 0) is 86.5 Å². The highest BCUT2D eigenvalue weighted by atomic mass is 32.2. The van der Waals surface area contributed by atoms with E-state index in [1.165, 1.54) is 23.8 Å². The lowest BCUT2D eigenvalue weighted by atomic mass is 10.1. The number of aryl methyl sites for hydroxylation is 2. The lowest BCUT2D eigenvalue weighted by Crippen LogP contribution is -2.36. The number of nitrogens with one attached hydrogen (secondary N) is 1. The SMILES string of the molecule is Cc1cccc(-n2c(C)cc(/C=C3\SC(=O)N(CC(=O)Nc4ccccc4F)C3=O)c2C)c1C. The summed E-state index contributed by atoms with van der Waals surface area (Å²) in [5, 5.41) is 1.86. The zero-order chi connectivity index (χ0) is 24.6. The second-order valence-corrected chi connectivity index (χ2v) is 9.17. The molecule has 4 rings (SSSR count). The van der Waals surface area contributed by atoms with E-state index < -0.39 is 29.4 Å². The molecule has 1 N–H and O–H groups in total. The predicted molar refractivity (Wildman–Crippen MR) is 132 cm³/mol. The number of thioether (sulfide) groups is 1. The fraction of sp³-hybridized carbons (Fsp3) is 0.192. The molecule has 0 aliphatic carbocycles. The molecular weight excluding hydrogens is 453 g/mol. The Kier molecular flexibility index (Phi) is 6.43. The first-order valence-corrected chi connectivity index (χ1v) is 11.5. The molecule has 1 aliphatic rings. The molecule has 8 heteroatoms. The average Bonchev–Trinajstić information content (AvgIpc) is 3.21. The van der Waals surface area contributed by atoms with Crippen molar-refractivity contribution in [1.29, 1.82) is 0 Å². The van der Waals surface area contributed by atoms with E-state index in [1.807, 2.05) is 32.0 Å². The number of imide groups is 1. The predicted octanol–water partition coefficient (Wildman–Crippen LogP) is 5.53. The van der Waals surface area contributed by atoms with Crippen LogP contribution < -0.4 is 5.32 Å². The van der Waals surface area contributed by atoms with Gasteiger partial charge in [0.15, 0.2) is 0 Å². The van der Waals surface area contributed by atoms with E-state index in [1.54, 1.807) is 12.1 Å². The van der Waals surface area contributed by atoms with Gasteiger partial charge >= 0.3 is 0 Å². The molecule has 174 valence electrons. The maximum absolute atomic E-state index is 13.8. The molecule has 34 heavy (non-hydrogen) atoms. The Morgan fingerprint density at radius 1 is 1.06 bits per heavy atom. The summed E-state index contributed by atoms with van der Waals surface area (Å²) in [4.78, 5) is 38.8. The van der Waals surface area contributed by atoms with Crippen LogP contribution in [0.3, 0.4) is 0 Å². The molecule has 0 spiro atoms. The van der Waals surface area contributed by atoms with Crippen LogP contribution in [0, 0.1) is 33.5 Å². The number of para-hydroxylation sites is 1. The van der Waals surface area contributed by atoms with Crippen LogP contribution in [0.15, 0.2) is 53.4 Å². The molecule has 2 aromatic carbocycles.